The van der Waals surface area contributed by atoms with E-state index >= 15 is 0 Å². The van der Waals surface area contributed by atoms with E-state index < -0.39 is 0 Å². The van der Waals surface area contributed by atoms with Crippen molar-refractivity contribution in [1.82, 2.24) is 14.8 Å². The lowest BCUT2D eigenvalue weighted by atomic mass is 9.74. The highest BCUT2D eigenvalue weighted by atomic mass is 35.5. The summed E-state index contributed by atoms with van der Waals surface area (Å²) in [4.78, 5) is 21.5. The van der Waals surface area contributed by atoms with Crippen molar-refractivity contribution in [1.29, 1.82) is 0 Å². The van der Waals surface area contributed by atoms with Crippen LogP contribution in [0.2, 0.25) is 0 Å². The second-order valence-corrected chi connectivity index (χ2v) is 7.60. The van der Waals surface area contributed by atoms with Gasteiger partial charge in [-0.2, -0.15) is 0 Å². The number of amides is 1. The van der Waals surface area contributed by atoms with Gasteiger partial charge in [-0.3, -0.25) is 9.69 Å². The van der Waals surface area contributed by atoms with Gasteiger partial charge in [0.05, 0.1) is 17.1 Å². The maximum atomic E-state index is 12.8. The molecule has 0 bridgehead atoms. The SMILES string of the molecule is CC1(N)CCCCC1C(=O)N1CCN(Cc2cscn2)CC1.Cl.Cl. The quantitative estimate of drug-likeness (QED) is 0.855. The van der Waals surface area contributed by atoms with Gasteiger partial charge in [0.15, 0.2) is 0 Å². The van der Waals surface area contributed by atoms with Crippen LogP contribution in [-0.2, 0) is 11.3 Å². The minimum atomic E-state index is -0.326. The van der Waals surface area contributed by atoms with Gasteiger partial charge in [-0.25, -0.2) is 4.98 Å². The van der Waals surface area contributed by atoms with E-state index in [2.05, 4.69) is 15.3 Å². The molecule has 1 saturated heterocycles. The molecule has 1 aliphatic heterocycles. The lowest BCUT2D eigenvalue weighted by molar-refractivity contribution is -0.140. The average Bonchev–Trinajstić information content (AvgIpc) is 3.00. The molecule has 2 aliphatic rings. The molecule has 0 radical (unpaired) electrons. The van der Waals surface area contributed by atoms with Crippen LogP contribution in [0.3, 0.4) is 0 Å². The van der Waals surface area contributed by atoms with Crippen molar-refractivity contribution in [3.63, 3.8) is 0 Å². The van der Waals surface area contributed by atoms with Gasteiger partial charge in [-0.1, -0.05) is 12.8 Å². The normalized spacial score (nSPS) is 27.9. The molecule has 1 saturated carbocycles. The number of thiazole rings is 1. The number of carbonyl (C=O) groups excluding carboxylic acids is 1. The average molecular weight is 395 g/mol. The molecule has 0 spiro atoms. The molecule has 2 N–H and O–H groups in total. The minimum Gasteiger partial charge on any atom is -0.340 e. The number of aromatic nitrogens is 1. The lowest BCUT2D eigenvalue weighted by Gasteiger charge is -2.42. The lowest BCUT2D eigenvalue weighted by Crippen LogP contribution is -2.57. The predicted molar refractivity (Wildman–Crippen MR) is 103 cm³/mol. The summed E-state index contributed by atoms with van der Waals surface area (Å²) in [6.45, 7) is 6.43. The van der Waals surface area contributed by atoms with Crippen molar-refractivity contribution < 1.29 is 4.79 Å². The number of nitrogens with zero attached hydrogens (tertiary/aromatic N) is 3. The molecule has 1 aliphatic carbocycles. The Labute approximate surface area is 160 Å². The van der Waals surface area contributed by atoms with Crippen molar-refractivity contribution in [3.05, 3.63) is 16.6 Å². The second-order valence-electron chi connectivity index (χ2n) is 6.89. The van der Waals surface area contributed by atoms with Crippen LogP contribution < -0.4 is 5.73 Å². The fourth-order valence-electron chi connectivity index (χ4n) is 3.66. The van der Waals surface area contributed by atoms with Gasteiger partial charge in [0.25, 0.3) is 0 Å². The number of carbonyl (C=O) groups is 1. The summed E-state index contributed by atoms with van der Waals surface area (Å²) in [5.41, 5.74) is 9.06. The number of halogens is 2. The van der Waals surface area contributed by atoms with Crippen molar-refractivity contribution in [3.8, 4) is 0 Å². The first-order valence-electron chi connectivity index (χ1n) is 8.23. The Morgan fingerprint density at radius 3 is 2.62 bits per heavy atom. The van der Waals surface area contributed by atoms with Crippen LogP contribution in [0.5, 0.6) is 0 Å². The van der Waals surface area contributed by atoms with Crippen LogP contribution in [0.1, 0.15) is 38.3 Å². The molecule has 8 heteroatoms. The summed E-state index contributed by atoms with van der Waals surface area (Å²) in [5.74, 6) is 0.282. The Balaban J connectivity index is 0.00000144. The Hall–Kier alpha value is -0.400. The first-order chi connectivity index (χ1) is 10.6. The smallest absolute Gasteiger partial charge is 0.227 e. The highest BCUT2D eigenvalue weighted by molar-refractivity contribution is 7.07. The van der Waals surface area contributed by atoms with Crippen LogP contribution in [0.25, 0.3) is 0 Å². The van der Waals surface area contributed by atoms with E-state index in [1.165, 1.54) is 0 Å². The first kappa shape index (κ1) is 21.6. The maximum Gasteiger partial charge on any atom is 0.227 e. The number of piperazine rings is 1. The van der Waals surface area contributed by atoms with E-state index in [-0.39, 0.29) is 42.2 Å². The van der Waals surface area contributed by atoms with Gasteiger partial charge in [-0.15, -0.1) is 36.2 Å². The van der Waals surface area contributed by atoms with Crippen molar-refractivity contribution >= 4 is 42.1 Å². The van der Waals surface area contributed by atoms with Crippen molar-refractivity contribution in [2.75, 3.05) is 26.2 Å². The predicted octanol–water partition coefficient (Wildman–Crippen LogP) is 2.54. The van der Waals surface area contributed by atoms with Gasteiger partial charge >= 0.3 is 0 Å². The molecule has 1 amide bonds. The molecule has 0 aromatic carbocycles. The molecule has 5 nitrogen and oxygen atoms in total. The van der Waals surface area contributed by atoms with Crippen LogP contribution in [-0.4, -0.2) is 52.4 Å². The van der Waals surface area contributed by atoms with E-state index in [1.807, 2.05) is 17.3 Å². The zero-order chi connectivity index (χ0) is 15.6. The molecular formula is C16H28Cl2N4OS. The van der Waals surface area contributed by atoms with E-state index in [1.54, 1.807) is 11.3 Å². The van der Waals surface area contributed by atoms with Gasteiger partial charge < -0.3 is 10.6 Å². The molecule has 2 heterocycles. The van der Waals surface area contributed by atoms with E-state index in [0.29, 0.717) is 0 Å². The Kier molecular flexibility index (Phi) is 8.42. The van der Waals surface area contributed by atoms with Crippen LogP contribution >= 0.6 is 36.2 Å². The van der Waals surface area contributed by atoms with Crippen LogP contribution in [0.15, 0.2) is 10.9 Å². The summed E-state index contributed by atoms with van der Waals surface area (Å²) >= 11 is 1.64. The summed E-state index contributed by atoms with van der Waals surface area (Å²) in [6, 6.07) is 0. The molecular weight excluding hydrogens is 367 g/mol. The molecule has 3 rings (SSSR count). The molecule has 24 heavy (non-hydrogen) atoms. The summed E-state index contributed by atoms with van der Waals surface area (Å²) in [5, 5.41) is 2.10. The Bertz CT molecular complexity index is 504. The number of rotatable bonds is 3. The molecule has 2 unspecified atom stereocenters. The zero-order valence-electron chi connectivity index (χ0n) is 14.1. The van der Waals surface area contributed by atoms with Crippen LogP contribution in [0, 0.1) is 5.92 Å². The molecule has 1 aromatic heterocycles. The monoisotopic (exact) mass is 394 g/mol. The van der Waals surface area contributed by atoms with E-state index in [0.717, 1.165) is 64.1 Å². The van der Waals surface area contributed by atoms with Crippen molar-refractivity contribution in [2.45, 2.75) is 44.7 Å². The zero-order valence-corrected chi connectivity index (χ0v) is 16.6. The number of hydrogen-bond acceptors (Lipinski definition) is 5. The third kappa shape index (κ3) is 5.05. The fraction of sp³-hybridized carbons (Fsp3) is 0.750. The maximum absolute atomic E-state index is 12.8. The van der Waals surface area contributed by atoms with Crippen LogP contribution in [0.4, 0.5) is 0 Å². The molecule has 2 fully saturated rings. The third-order valence-corrected chi connectivity index (χ3v) is 5.74. The summed E-state index contributed by atoms with van der Waals surface area (Å²) in [6.07, 6.45) is 4.20. The molecule has 2 atom stereocenters. The van der Waals surface area contributed by atoms with Gasteiger partial charge in [0, 0.05) is 43.6 Å². The van der Waals surface area contributed by atoms with Gasteiger partial charge in [-0.05, 0) is 19.8 Å². The van der Waals surface area contributed by atoms with E-state index in [4.69, 9.17) is 5.73 Å². The first-order valence-corrected chi connectivity index (χ1v) is 9.17. The van der Waals surface area contributed by atoms with Gasteiger partial charge in [0.1, 0.15) is 0 Å². The molecule has 1 aromatic rings. The van der Waals surface area contributed by atoms with Gasteiger partial charge in [0.2, 0.25) is 5.91 Å². The Morgan fingerprint density at radius 1 is 1.33 bits per heavy atom. The highest BCUT2D eigenvalue weighted by Gasteiger charge is 2.40. The second kappa shape index (κ2) is 9.34. The van der Waals surface area contributed by atoms with E-state index in [9.17, 15) is 4.79 Å². The molecule has 138 valence electrons. The summed E-state index contributed by atoms with van der Waals surface area (Å²) in [7, 11) is 0. The summed E-state index contributed by atoms with van der Waals surface area (Å²) < 4.78 is 0. The fourth-order valence-corrected chi connectivity index (χ4v) is 4.20. The number of hydrogen-bond donors (Lipinski definition) is 1. The Morgan fingerprint density at radius 2 is 2.04 bits per heavy atom. The largest absolute Gasteiger partial charge is 0.340 e. The minimum absolute atomic E-state index is 0. The third-order valence-electron chi connectivity index (χ3n) is 5.11. The topological polar surface area (TPSA) is 62.5 Å². The number of nitrogens with two attached hydrogens (primary N) is 1. The van der Waals surface area contributed by atoms with Crippen molar-refractivity contribution in [2.24, 2.45) is 11.7 Å². The standard InChI is InChI=1S/C16H26N4OS.2ClH/c1-16(17)5-3-2-4-14(16)15(21)20-8-6-19(7-9-20)10-13-11-22-12-18-13;;/h11-12,14H,2-10,17H2,1H3;2*1H. The highest BCUT2D eigenvalue weighted by Crippen LogP contribution is 2.33.